The summed E-state index contributed by atoms with van der Waals surface area (Å²) in [6, 6.07) is 12.0. The van der Waals surface area contributed by atoms with Crippen molar-refractivity contribution in [1.29, 1.82) is 0 Å². The van der Waals surface area contributed by atoms with E-state index < -0.39 is 16.0 Å². The average Bonchev–Trinajstić information content (AvgIpc) is 3.45. The Bertz CT molecular complexity index is 921. The van der Waals surface area contributed by atoms with E-state index in [0.717, 1.165) is 24.0 Å². The van der Waals surface area contributed by atoms with Crippen LogP contribution in [0.4, 0.5) is 0 Å². The lowest BCUT2D eigenvalue weighted by Crippen LogP contribution is -2.30. The molecule has 0 heterocycles. The molecule has 0 aromatic heterocycles. The van der Waals surface area contributed by atoms with Gasteiger partial charge in [-0.1, -0.05) is 29.8 Å². The molecule has 1 aliphatic rings. The van der Waals surface area contributed by atoms with Crippen molar-refractivity contribution in [2.24, 2.45) is 5.92 Å². The Morgan fingerprint density at radius 3 is 2.42 bits per heavy atom. The minimum Gasteiger partial charge on any atom is -0.465 e. The molecular formula is C19H20BrNO4S. The van der Waals surface area contributed by atoms with Gasteiger partial charge in [0.1, 0.15) is 0 Å². The first kappa shape index (κ1) is 19.1. The molecule has 1 N–H and O–H groups in total. The van der Waals surface area contributed by atoms with Gasteiger partial charge in [-0.3, -0.25) is 0 Å². The quantitative estimate of drug-likeness (QED) is 0.693. The third kappa shape index (κ3) is 4.16. The molecule has 138 valence electrons. The van der Waals surface area contributed by atoms with E-state index in [9.17, 15) is 13.2 Å². The zero-order valence-corrected chi connectivity index (χ0v) is 16.9. The molecule has 0 aliphatic heterocycles. The molecule has 0 radical (unpaired) electrons. The van der Waals surface area contributed by atoms with E-state index in [-0.39, 0.29) is 16.5 Å². The third-order valence-electron chi connectivity index (χ3n) is 4.47. The molecule has 1 saturated carbocycles. The fourth-order valence-corrected chi connectivity index (χ4v) is 4.54. The highest BCUT2D eigenvalue weighted by atomic mass is 79.9. The molecule has 3 rings (SSSR count). The van der Waals surface area contributed by atoms with Crippen molar-refractivity contribution < 1.29 is 17.9 Å². The molecule has 0 amide bonds. The molecule has 0 bridgehead atoms. The lowest BCUT2D eigenvalue weighted by molar-refractivity contribution is 0.0599. The summed E-state index contributed by atoms with van der Waals surface area (Å²) < 4.78 is 33.8. The maximum absolute atomic E-state index is 12.9. The number of halogens is 1. The first-order valence-corrected chi connectivity index (χ1v) is 10.6. The molecule has 1 aliphatic carbocycles. The lowest BCUT2D eigenvalue weighted by atomic mass is 10.0. The van der Waals surface area contributed by atoms with Crippen molar-refractivity contribution in [3.63, 3.8) is 0 Å². The summed E-state index contributed by atoms with van der Waals surface area (Å²) in [5.41, 5.74) is 2.25. The zero-order valence-electron chi connectivity index (χ0n) is 14.5. The monoisotopic (exact) mass is 437 g/mol. The maximum atomic E-state index is 12.9. The van der Waals surface area contributed by atoms with Crippen LogP contribution in [0.5, 0.6) is 0 Å². The van der Waals surface area contributed by atoms with Crippen LogP contribution in [-0.2, 0) is 14.8 Å². The second-order valence-corrected chi connectivity index (χ2v) is 9.05. The van der Waals surface area contributed by atoms with Crippen molar-refractivity contribution in [3.8, 4) is 0 Å². The summed E-state index contributed by atoms with van der Waals surface area (Å²) in [4.78, 5) is 11.9. The van der Waals surface area contributed by atoms with Crippen LogP contribution < -0.4 is 4.72 Å². The predicted octanol–water partition coefficient (Wildman–Crippen LogP) is 3.97. The van der Waals surface area contributed by atoms with Crippen molar-refractivity contribution in [3.05, 3.63) is 63.6 Å². The SMILES string of the molecule is COC(=O)c1cc(S(=O)(=O)NC(c2ccc(C)cc2)C2CC2)ccc1Br. The number of esters is 1. The van der Waals surface area contributed by atoms with Gasteiger partial charge in [0.05, 0.1) is 17.6 Å². The fraction of sp³-hybridized carbons (Fsp3) is 0.316. The van der Waals surface area contributed by atoms with Gasteiger partial charge in [-0.15, -0.1) is 0 Å². The van der Waals surface area contributed by atoms with Gasteiger partial charge in [0.2, 0.25) is 10.0 Å². The molecule has 26 heavy (non-hydrogen) atoms. The standard InChI is InChI=1S/C19H20BrNO4S/c1-12-3-5-13(6-4-12)18(14-7-8-14)21-26(23,24)15-9-10-17(20)16(11-15)19(22)25-2/h3-6,9-11,14,18,21H,7-8H2,1-2H3. The number of nitrogens with one attached hydrogen (secondary N) is 1. The maximum Gasteiger partial charge on any atom is 0.339 e. The van der Waals surface area contributed by atoms with Gasteiger partial charge in [0.15, 0.2) is 0 Å². The van der Waals surface area contributed by atoms with Gasteiger partial charge in [0, 0.05) is 10.5 Å². The first-order chi connectivity index (χ1) is 12.3. The van der Waals surface area contributed by atoms with Gasteiger partial charge in [0.25, 0.3) is 0 Å². The number of aryl methyl sites for hydroxylation is 1. The Balaban J connectivity index is 1.92. The Morgan fingerprint density at radius 2 is 1.85 bits per heavy atom. The highest BCUT2D eigenvalue weighted by molar-refractivity contribution is 9.10. The van der Waals surface area contributed by atoms with Gasteiger partial charge in [-0.2, -0.15) is 0 Å². The van der Waals surface area contributed by atoms with E-state index in [1.165, 1.54) is 19.2 Å². The highest BCUT2D eigenvalue weighted by Crippen LogP contribution is 2.42. The van der Waals surface area contributed by atoms with Gasteiger partial charge < -0.3 is 4.74 Å². The topological polar surface area (TPSA) is 72.5 Å². The minimum atomic E-state index is -3.78. The fourth-order valence-electron chi connectivity index (χ4n) is 2.81. The number of benzene rings is 2. The van der Waals surface area contributed by atoms with Crippen molar-refractivity contribution in [2.45, 2.75) is 30.7 Å². The second kappa shape index (κ2) is 7.50. The number of ether oxygens (including phenoxy) is 1. The molecule has 5 nitrogen and oxygen atoms in total. The van der Waals surface area contributed by atoms with Crippen molar-refractivity contribution in [2.75, 3.05) is 7.11 Å². The Kier molecular flexibility index (Phi) is 5.50. The predicted molar refractivity (Wildman–Crippen MR) is 102 cm³/mol. The first-order valence-electron chi connectivity index (χ1n) is 8.28. The number of carbonyl (C=O) groups excluding carboxylic acids is 1. The Labute approximate surface area is 161 Å². The zero-order chi connectivity index (χ0) is 18.9. The molecule has 7 heteroatoms. The molecule has 1 atom stereocenters. The minimum absolute atomic E-state index is 0.0406. The van der Waals surface area contributed by atoms with Crippen LogP contribution in [0, 0.1) is 12.8 Å². The number of hydrogen-bond acceptors (Lipinski definition) is 4. The summed E-state index contributed by atoms with van der Waals surface area (Å²) in [7, 11) is -2.52. The smallest absolute Gasteiger partial charge is 0.339 e. The van der Waals surface area contributed by atoms with E-state index in [1.54, 1.807) is 6.07 Å². The van der Waals surface area contributed by atoms with Crippen LogP contribution in [-0.4, -0.2) is 21.5 Å². The van der Waals surface area contributed by atoms with Crippen LogP contribution in [0.25, 0.3) is 0 Å². The summed E-state index contributed by atoms with van der Waals surface area (Å²) >= 11 is 3.25. The van der Waals surface area contributed by atoms with Gasteiger partial charge in [-0.05, 0) is 65.4 Å². The van der Waals surface area contributed by atoms with E-state index in [2.05, 4.69) is 20.7 Å². The van der Waals surface area contributed by atoms with E-state index in [4.69, 9.17) is 4.74 Å². The molecule has 2 aromatic carbocycles. The number of carbonyl (C=O) groups is 1. The van der Waals surface area contributed by atoms with E-state index in [1.807, 2.05) is 31.2 Å². The summed E-state index contributed by atoms with van der Waals surface area (Å²) in [5.74, 6) is -0.297. The molecule has 1 unspecified atom stereocenters. The van der Waals surface area contributed by atoms with Crippen LogP contribution in [0.1, 0.15) is 40.4 Å². The van der Waals surface area contributed by atoms with Crippen molar-refractivity contribution >= 4 is 31.9 Å². The van der Waals surface area contributed by atoms with Crippen LogP contribution in [0.15, 0.2) is 51.8 Å². The normalized spacial score (nSPS) is 15.5. The summed E-state index contributed by atoms with van der Waals surface area (Å²) in [5, 5.41) is 0. The number of rotatable bonds is 6. The van der Waals surface area contributed by atoms with Gasteiger partial charge in [-0.25, -0.2) is 17.9 Å². The molecule has 0 spiro atoms. The number of hydrogen-bond donors (Lipinski definition) is 1. The Hall–Kier alpha value is -1.70. The number of sulfonamides is 1. The summed E-state index contributed by atoms with van der Waals surface area (Å²) in [6.07, 6.45) is 1.99. The molecule has 2 aromatic rings. The largest absolute Gasteiger partial charge is 0.465 e. The summed E-state index contributed by atoms with van der Waals surface area (Å²) in [6.45, 7) is 2.00. The van der Waals surface area contributed by atoms with Crippen LogP contribution >= 0.6 is 15.9 Å². The highest BCUT2D eigenvalue weighted by Gasteiger charge is 2.35. The average molecular weight is 438 g/mol. The van der Waals surface area contributed by atoms with Crippen LogP contribution in [0.3, 0.4) is 0 Å². The lowest BCUT2D eigenvalue weighted by Gasteiger charge is -2.19. The van der Waals surface area contributed by atoms with E-state index in [0.29, 0.717) is 10.4 Å². The third-order valence-corrected chi connectivity index (χ3v) is 6.60. The van der Waals surface area contributed by atoms with E-state index >= 15 is 0 Å². The number of methoxy groups -OCH3 is 1. The second-order valence-electron chi connectivity index (χ2n) is 6.48. The Morgan fingerprint density at radius 1 is 1.19 bits per heavy atom. The van der Waals surface area contributed by atoms with Gasteiger partial charge >= 0.3 is 5.97 Å². The molecular weight excluding hydrogens is 418 g/mol. The van der Waals surface area contributed by atoms with Crippen molar-refractivity contribution in [1.82, 2.24) is 4.72 Å². The molecule has 1 fully saturated rings. The molecule has 0 saturated heterocycles. The van der Waals surface area contributed by atoms with Crippen LogP contribution in [0.2, 0.25) is 0 Å².